The second-order valence-corrected chi connectivity index (χ2v) is 23.4. The van der Waals surface area contributed by atoms with E-state index < -0.39 is 53.2 Å². The number of para-hydroxylation sites is 4. The second-order valence-electron chi connectivity index (χ2n) is 20.3. The Balaban J connectivity index is 1.08. The van der Waals surface area contributed by atoms with Crippen LogP contribution in [-0.4, -0.2) is 52.9 Å². The second kappa shape index (κ2) is 23.7. The van der Waals surface area contributed by atoms with Crippen molar-refractivity contribution in [1.29, 1.82) is 0 Å². The zero-order valence-corrected chi connectivity index (χ0v) is 46.1. The number of aryl methyl sites for hydroxylation is 2. The van der Waals surface area contributed by atoms with E-state index in [0.717, 1.165) is 32.0 Å². The maximum atomic E-state index is 7.31. The smallest absolute Gasteiger partial charge is 0.408 e. The van der Waals surface area contributed by atoms with Crippen molar-refractivity contribution < 1.29 is 65.0 Å². The minimum absolute atomic E-state index is 0.413. The summed E-state index contributed by atoms with van der Waals surface area (Å²) in [7, 11) is -4.57. The van der Waals surface area contributed by atoms with Gasteiger partial charge in [-0.15, -0.1) is 0 Å². The zero-order valence-electron chi connectivity index (χ0n) is 43.5. The van der Waals surface area contributed by atoms with E-state index in [0.29, 0.717) is 110 Å². The van der Waals surface area contributed by atoms with Crippen LogP contribution in [0.1, 0.15) is 111 Å². The van der Waals surface area contributed by atoms with E-state index in [1.165, 1.54) is 11.8 Å². The van der Waals surface area contributed by atoms with Crippen LogP contribution in [-0.2, 0) is 48.7 Å². The van der Waals surface area contributed by atoms with Crippen molar-refractivity contribution in [2.24, 2.45) is 0 Å². The first-order valence-corrected chi connectivity index (χ1v) is 28.2. The minimum atomic E-state index is -2.28. The first kappa shape index (κ1) is 53.4. The summed E-state index contributed by atoms with van der Waals surface area (Å²) >= 11 is 1.52. The predicted octanol–water partition coefficient (Wildman–Crippen LogP) is 14.8. The highest BCUT2D eigenvalue weighted by Crippen LogP contribution is 2.56. The number of hydrogen-bond donors (Lipinski definition) is 0. The fourth-order valence-corrected chi connectivity index (χ4v) is 12.4. The van der Waals surface area contributed by atoms with Crippen LogP contribution in [0, 0.1) is 13.8 Å². The van der Waals surface area contributed by atoms with Crippen LogP contribution in [0.25, 0.3) is 0 Å². The molecule has 0 unspecified atom stereocenters. The van der Waals surface area contributed by atoms with Gasteiger partial charge in [0.15, 0.2) is 25.2 Å². The third kappa shape index (κ3) is 12.9. The Kier molecular flexibility index (Phi) is 16.9. The van der Waals surface area contributed by atoms with Crippen LogP contribution in [0.5, 0.6) is 34.5 Å². The first-order valence-electron chi connectivity index (χ1n) is 25.2. The number of ether oxygens (including phenoxy) is 8. The Hall–Kier alpha value is -4.99. The molecule has 0 amide bonds. The molecule has 4 fully saturated rings. The summed E-state index contributed by atoms with van der Waals surface area (Å²) in [6.07, 6.45) is -2.47. The van der Waals surface area contributed by atoms with Crippen molar-refractivity contribution in [2.75, 3.05) is 52.9 Å². The van der Waals surface area contributed by atoms with Crippen molar-refractivity contribution in [3.05, 3.63) is 166 Å². The molecule has 4 aliphatic rings. The van der Waals surface area contributed by atoms with Crippen molar-refractivity contribution in [3.63, 3.8) is 0 Å². The third-order valence-electron chi connectivity index (χ3n) is 12.4. The number of hydrogen-bond acceptors (Lipinski definition) is 15. The van der Waals surface area contributed by atoms with E-state index in [4.69, 9.17) is 65.0 Å². The van der Waals surface area contributed by atoms with Crippen molar-refractivity contribution in [2.45, 2.75) is 101 Å². The maximum absolute atomic E-state index is 7.31. The van der Waals surface area contributed by atoms with Crippen molar-refractivity contribution >= 4 is 29.0 Å². The molecule has 0 bridgehead atoms. The van der Waals surface area contributed by atoms with Gasteiger partial charge in [-0.3, -0.25) is 0 Å². The Morgan fingerprint density at radius 3 is 0.880 bits per heavy atom. The topological polar surface area (TPSA) is 129 Å². The average Bonchev–Trinajstić information content (AvgIpc) is 4.26. The van der Waals surface area contributed by atoms with Crippen LogP contribution < -0.4 is 27.1 Å². The highest BCUT2D eigenvalue weighted by molar-refractivity contribution is 7.99. The molecule has 75 heavy (non-hydrogen) atoms. The van der Waals surface area contributed by atoms with Gasteiger partial charge in [-0.05, 0) is 72.2 Å². The average molecular weight is 1080 g/mol. The lowest BCUT2D eigenvalue weighted by Gasteiger charge is -2.29. The van der Waals surface area contributed by atoms with Gasteiger partial charge in [0.1, 0.15) is 34.5 Å². The van der Waals surface area contributed by atoms with Gasteiger partial charge in [0.2, 0.25) is 0 Å². The van der Waals surface area contributed by atoms with Crippen LogP contribution in [0.3, 0.4) is 0 Å². The molecule has 4 heterocycles. The van der Waals surface area contributed by atoms with E-state index in [2.05, 4.69) is 79.7 Å². The SMILES string of the molecule is Cc1cc(Sc2cc(C)cc(C(C)(C)C)c2OP(Oc2ccccc2C2OCCO2)Oc2ccccc2C2OCCO2)c(OP(Oc2ccccc2C2OCCO2)Oc2ccccc2C2OCCO2)c(C(C)(C)C)c1. The molecule has 4 saturated heterocycles. The third-order valence-corrected chi connectivity index (χ3v) is 15.5. The molecule has 10 rings (SSSR count). The molecule has 4 aliphatic heterocycles. The summed E-state index contributed by atoms with van der Waals surface area (Å²) in [5.74, 6) is 3.15. The van der Waals surface area contributed by atoms with Gasteiger partial charge in [-0.2, -0.15) is 0 Å². The van der Waals surface area contributed by atoms with Crippen molar-refractivity contribution in [3.8, 4) is 34.5 Å². The summed E-state index contributed by atoms with van der Waals surface area (Å²) < 4.78 is 90.3. The Bertz CT molecular complexity index is 2580. The molecule has 0 aliphatic carbocycles. The van der Waals surface area contributed by atoms with E-state index in [1.54, 1.807) is 0 Å². The first-order chi connectivity index (χ1) is 36.2. The molecule has 0 spiro atoms. The molecular weight excluding hydrogens is 1010 g/mol. The monoisotopic (exact) mass is 1080 g/mol. The highest BCUT2D eigenvalue weighted by Gasteiger charge is 2.36. The van der Waals surface area contributed by atoms with Gasteiger partial charge in [0, 0.05) is 11.1 Å². The summed E-state index contributed by atoms with van der Waals surface area (Å²) in [5.41, 5.74) is 5.99. The van der Waals surface area contributed by atoms with Crippen molar-refractivity contribution in [1.82, 2.24) is 0 Å². The van der Waals surface area contributed by atoms with Gasteiger partial charge in [0.05, 0.1) is 84.9 Å². The summed E-state index contributed by atoms with van der Waals surface area (Å²) in [6.45, 7) is 20.9. The Labute approximate surface area is 446 Å². The van der Waals surface area contributed by atoms with Crippen LogP contribution in [0.15, 0.2) is 131 Å². The molecule has 0 aromatic heterocycles. The van der Waals surface area contributed by atoms with Gasteiger partial charge in [0.25, 0.3) is 0 Å². The lowest BCUT2D eigenvalue weighted by atomic mass is 9.85. The lowest BCUT2D eigenvalue weighted by Crippen LogP contribution is -2.16. The highest BCUT2D eigenvalue weighted by atomic mass is 32.2. The fourth-order valence-electron chi connectivity index (χ4n) is 8.82. The number of benzene rings is 6. The van der Waals surface area contributed by atoms with Crippen LogP contribution in [0.2, 0.25) is 0 Å². The maximum Gasteiger partial charge on any atom is 0.530 e. The van der Waals surface area contributed by atoms with Gasteiger partial charge < -0.3 is 65.0 Å². The van der Waals surface area contributed by atoms with E-state index >= 15 is 0 Å². The molecule has 396 valence electrons. The molecule has 14 nitrogen and oxygen atoms in total. The number of rotatable bonds is 18. The molecule has 6 aromatic carbocycles. The normalized spacial score (nSPS) is 17.1. The molecule has 0 atom stereocenters. The predicted molar refractivity (Wildman–Crippen MR) is 286 cm³/mol. The van der Waals surface area contributed by atoms with Gasteiger partial charge >= 0.3 is 17.2 Å². The summed E-state index contributed by atoms with van der Waals surface area (Å²) in [6, 6.07) is 39.1. The molecule has 0 radical (unpaired) electrons. The minimum Gasteiger partial charge on any atom is -0.408 e. The largest absolute Gasteiger partial charge is 0.530 e. The molecule has 0 N–H and O–H groups in total. The summed E-state index contributed by atoms with van der Waals surface area (Å²) in [4.78, 5) is 1.60. The van der Waals surface area contributed by atoms with E-state index in [1.807, 2.05) is 97.1 Å². The summed E-state index contributed by atoms with van der Waals surface area (Å²) in [5, 5.41) is 0. The van der Waals surface area contributed by atoms with E-state index in [9.17, 15) is 0 Å². The fraction of sp³-hybridized carbons (Fsp3) is 0.379. The van der Waals surface area contributed by atoms with E-state index in [-0.39, 0.29) is 0 Å². The molecule has 17 heteroatoms. The standard InChI is InChI=1S/C58H64O14P2S/c1-37-33-43(57(3,4)5)51(71-73(67-45-21-13-9-17-39(45)53-59-25-26-60-53)68-46-22-14-10-18-40(46)54-61-27-28-62-54)49(35-37)75-50-36-38(2)34-44(58(6,7)8)52(50)72-74(69-47-23-15-11-19-41(47)55-63-29-30-64-55)70-48-24-16-12-20-42(48)56-65-31-32-66-56/h9-24,33-36,53-56H,25-32H2,1-8H3. The molecular formula is C58H64O14P2S. The van der Waals surface area contributed by atoms with Crippen LogP contribution in [0.4, 0.5) is 0 Å². The quantitative estimate of drug-likeness (QED) is 0.0757. The van der Waals surface area contributed by atoms with Gasteiger partial charge in [-0.25, -0.2) is 0 Å². The molecule has 6 aromatic rings. The molecule has 0 saturated carbocycles. The Morgan fingerprint density at radius 1 is 0.373 bits per heavy atom. The lowest BCUT2D eigenvalue weighted by molar-refractivity contribution is -0.0456. The Morgan fingerprint density at radius 2 is 0.627 bits per heavy atom. The zero-order chi connectivity index (χ0) is 52.1. The van der Waals surface area contributed by atoms with Gasteiger partial charge in [-0.1, -0.05) is 138 Å². The van der Waals surface area contributed by atoms with Crippen LogP contribution >= 0.6 is 29.0 Å².